The summed E-state index contributed by atoms with van der Waals surface area (Å²) >= 11 is 5.08. The standard InChI is InChI=1S/C19H29N3O5S/c1-5-6-12-19(15(23)24,21-17(28)27-22-18(2,3)4)20-16(25)26-13-14-10-8-7-9-11-14/h7-11,22H,5-6,12-13H2,1-4H3,(H,20,25)(H,21,28)(H,23,24). The molecular formula is C19H29N3O5S. The third-order valence-electron chi connectivity index (χ3n) is 3.56. The van der Waals surface area contributed by atoms with Crippen LogP contribution >= 0.6 is 12.2 Å². The molecular weight excluding hydrogens is 382 g/mol. The molecule has 0 aliphatic carbocycles. The molecule has 1 aromatic carbocycles. The first-order valence-corrected chi connectivity index (χ1v) is 9.47. The minimum Gasteiger partial charge on any atom is -0.478 e. The van der Waals surface area contributed by atoms with E-state index in [-0.39, 0.29) is 18.2 Å². The zero-order chi connectivity index (χ0) is 21.2. The van der Waals surface area contributed by atoms with E-state index in [1.165, 1.54) is 0 Å². The number of aliphatic carboxylic acids is 1. The first-order chi connectivity index (χ1) is 13.1. The van der Waals surface area contributed by atoms with E-state index in [2.05, 4.69) is 16.1 Å². The number of carbonyl (C=O) groups is 2. The summed E-state index contributed by atoms with van der Waals surface area (Å²) in [5.74, 6) is -1.29. The second-order valence-electron chi connectivity index (χ2n) is 7.37. The van der Waals surface area contributed by atoms with Crippen LogP contribution in [0.3, 0.4) is 0 Å². The quantitative estimate of drug-likeness (QED) is 0.279. The number of benzene rings is 1. The van der Waals surface area contributed by atoms with Gasteiger partial charge in [0.25, 0.3) is 5.17 Å². The van der Waals surface area contributed by atoms with E-state index < -0.39 is 23.3 Å². The largest absolute Gasteiger partial charge is 0.478 e. The summed E-state index contributed by atoms with van der Waals surface area (Å²) in [6.07, 6.45) is 0.485. The van der Waals surface area contributed by atoms with Crippen LogP contribution in [0.2, 0.25) is 0 Å². The monoisotopic (exact) mass is 411 g/mol. The topological polar surface area (TPSA) is 109 Å². The minimum absolute atomic E-state index is 0.0165. The molecule has 0 aliphatic heterocycles. The van der Waals surface area contributed by atoms with E-state index in [1.54, 1.807) is 12.1 Å². The van der Waals surface area contributed by atoms with E-state index in [4.69, 9.17) is 21.8 Å². The Kier molecular flexibility index (Phi) is 9.14. The Bertz CT molecular complexity index is 663. The minimum atomic E-state index is -1.85. The first-order valence-electron chi connectivity index (χ1n) is 9.06. The highest BCUT2D eigenvalue weighted by atomic mass is 32.1. The summed E-state index contributed by atoms with van der Waals surface area (Å²) in [7, 11) is 0. The zero-order valence-corrected chi connectivity index (χ0v) is 17.5. The normalized spacial score (nSPS) is 13.1. The summed E-state index contributed by atoms with van der Waals surface area (Å²) in [4.78, 5) is 29.5. The van der Waals surface area contributed by atoms with Crippen molar-refractivity contribution in [3.63, 3.8) is 0 Å². The molecule has 0 saturated carbocycles. The lowest BCUT2D eigenvalue weighted by Crippen LogP contribution is -2.66. The lowest BCUT2D eigenvalue weighted by molar-refractivity contribution is -0.146. The third kappa shape index (κ3) is 8.53. The van der Waals surface area contributed by atoms with Gasteiger partial charge in [-0.1, -0.05) is 43.7 Å². The Balaban J connectivity index is 2.82. The van der Waals surface area contributed by atoms with Gasteiger partial charge in [-0.15, -0.1) is 5.48 Å². The predicted molar refractivity (Wildman–Crippen MR) is 109 cm³/mol. The van der Waals surface area contributed by atoms with Crippen LogP contribution in [-0.2, 0) is 21.0 Å². The van der Waals surface area contributed by atoms with Crippen LogP contribution in [-0.4, -0.2) is 33.5 Å². The molecule has 0 aliphatic rings. The molecule has 4 N–H and O–H groups in total. The van der Waals surface area contributed by atoms with E-state index in [1.807, 2.05) is 45.9 Å². The molecule has 8 nitrogen and oxygen atoms in total. The van der Waals surface area contributed by atoms with E-state index >= 15 is 0 Å². The average Bonchev–Trinajstić information content (AvgIpc) is 2.63. The number of nitrogens with one attached hydrogen (secondary N) is 3. The van der Waals surface area contributed by atoms with E-state index in [0.29, 0.717) is 6.42 Å². The highest BCUT2D eigenvalue weighted by Crippen LogP contribution is 2.14. The van der Waals surface area contributed by atoms with Gasteiger partial charge < -0.3 is 20.0 Å². The van der Waals surface area contributed by atoms with Gasteiger partial charge in [0.2, 0.25) is 5.66 Å². The maximum Gasteiger partial charge on any atom is 0.409 e. The van der Waals surface area contributed by atoms with Gasteiger partial charge >= 0.3 is 12.1 Å². The number of carboxylic acids is 1. The zero-order valence-electron chi connectivity index (χ0n) is 16.7. The predicted octanol–water partition coefficient (Wildman–Crippen LogP) is 3.08. The van der Waals surface area contributed by atoms with Crippen LogP contribution in [0.15, 0.2) is 30.3 Å². The SMILES string of the molecule is CCCCC(NC(=O)OCc1ccccc1)(NC(=S)ONC(C)(C)C)C(=O)O. The molecule has 1 aromatic rings. The number of thiocarbonyl (C=S) groups is 1. The van der Waals surface area contributed by atoms with Crippen molar-refractivity contribution in [3.05, 3.63) is 35.9 Å². The molecule has 1 rings (SSSR count). The molecule has 9 heteroatoms. The molecule has 0 fully saturated rings. The van der Waals surface area contributed by atoms with Crippen molar-refractivity contribution in [1.29, 1.82) is 0 Å². The number of carbonyl (C=O) groups excluding carboxylic acids is 1. The Morgan fingerprint density at radius 1 is 1.14 bits per heavy atom. The number of hydroxylamine groups is 1. The molecule has 1 amide bonds. The Labute approximate surface area is 170 Å². The molecule has 0 aromatic heterocycles. The Morgan fingerprint density at radius 3 is 2.32 bits per heavy atom. The van der Waals surface area contributed by atoms with Crippen molar-refractivity contribution in [2.45, 2.75) is 64.8 Å². The molecule has 0 spiro atoms. The fraction of sp³-hybridized carbons (Fsp3) is 0.526. The fourth-order valence-electron chi connectivity index (χ4n) is 2.14. The number of rotatable bonds is 9. The molecule has 0 saturated heterocycles. The highest BCUT2D eigenvalue weighted by Gasteiger charge is 2.41. The number of amides is 1. The summed E-state index contributed by atoms with van der Waals surface area (Å²) < 4.78 is 5.16. The van der Waals surface area contributed by atoms with Crippen LogP contribution < -0.4 is 16.1 Å². The second kappa shape index (κ2) is 10.8. The van der Waals surface area contributed by atoms with Gasteiger partial charge in [0, 0.05) is 12.0 Å². The third-order valence-corrected chi connectivity index (χ3v) is 3.75. The number of alkyl carbamates (subject to hydrolysis) is 1. The smallest absolute Gasteiger partial charge is 0.409 e. The molecule has 0 bridgehead atoms. The van der Waals surface area contributed by atoms with Crippen molar-refractivity contribution in [1.82, 2.24) is 16.1 Å². The van der Waals surface area contributed by atoms with Gasteiger partial charge in [-0.3, -0.25) is 5.32 Å². The molecule has 1 atom stereocenters. The van der Waals surface area contributed by atoms with E-state index in [0.717, 1.165) is 12.0 Å². The van der Waals surface area contributed by atoms with Gasteiger partial charge in [-0.2, -0.15) is 0 Å². The number of hydrogen-bond acceptors (Lipinski definition) is 6. The van der Waals surface area contributed by atoms with Crippen molar-refractivity contribution < 1.29 is 24.3 Å². The van der Waals surface area contributed by atoms with Gasteiger partial charge in [0.1, 0.15) is 6.61 Å². The Morgan fingerprint density at radius 2 is 1.79 bits per heavy atom. The van der Waals surface area contributed by atoms with Crippen LogP contribution in [0.5, 0.6) is 0 Å². The van der Waals surface area contributed by atoms with Gasteiger partial charge in [0.05, 0.1) is 0 Å². The summed E-state index contributed by atoms with van der Waals surface area (Å²) in [5, 5.41) is 14.6. The Hall–Kier alpha value is -2.39. The summed E-state index contributed by atoms with van der Waals surface area (Å²) in [6, 6.07) is 9.08. The van der Waals surface area contributed by atoms with Crippen LogP contribution in [0.25, 0.3) is 0 Å². The number of unbranched alkanes of at least 4 members (excludes halogenated alkanes) is 1. The number of hydrogen-bond donors (Lipinski definition) is 4. The van der Waals surface area contributed by atoms with Crippen molar-refractivity contribution in [2.75, 3.05) is 0 Å². The molecule has 0 radical (unpaired) electrons. The maximum absolute atomic E-state index is 12.3. The van der Waals surface area contributed by atoms with Gasteiger partial charge in [-0.25, -0.2) is 9.59 Å². The van der Waals surface area contributed by atoms with Crippen molar-refractivity contribution >= 4 is 29.5 Å². The lowest BCUT2D eigenvalue weighted by Gasteiger charge is -2.32. The number of ether oxygens (including phenoxy) is 1. The average molecular weight is 412 g/mol. The molecule has 156 valence electrons. The van der Waals surface area contributed by atoms with Crippen molar-refractivity contribution in [3.8, 4) is 0 Å². The second-order valence-corrected chi connectivity index (χ2v) is 7.74. The van der Waals surface area contributed by atoms with Crippen LogP contribution in [0, 0.1) is 0 Å². The van der Waals surface area contributed by atoms with Gasteiger partial charge in [0.15, 0.2) is 0 Å². The number of carboxylic acid groups (broad SMARTS) is 1. The summed E-state index contributed by atoms with van der Waals surface area (Å²) in [5.41, 5.74) is 1.24. The summed E-state index contributed by atoms with van der Waals surface area (Å²) in [6.45, 7) is 7.50. The first kappa shape index (κ1) is 23.6. The fourth-order valence-corrected chi connectivity index (χ4v) is 2.36. The lowest BCUT2D eigenvalue weighted by atomic mass is 10.0. The molecule has 0 heterocycles. The van der Waals surface area contributed by atoms with Crippen LogP contribution in [0.1, 0.15) is 52.5 Å². The maximum atomic E-state index is 12.3. The highest BCUT2D eigenvalue weighted by molar-refractivity contribution is 7.80. The molecule has 28 heavy (non-hydrogen) atoms. The molecule has 1 unspecified atom stereocenters. The van der Waals surface area contributed by atoms with Gasteiger partial charge in [-0.05, 0) is 45.0 Å². The van der Waals surface area contributed by atoms with Crippen LogP contribution in [0.4, 0.5) is 4.79 Å². The van der Waals surface area contributed by atoms with E-state index in [9.17, 15) is 14.7 Å². The van der Waals surface area contributed by atoms with Crippen molar-refractivity contribution in [2.24, 2.45) is 0 Å².